The number of nitrogens with zero attached hydrogens (tertiary/aromatic N) is 3. The molecule has 0 bridgehead atoms. The number of anilines is 1. The van der Waals surface area contributed by atoms with Crippen molar-refractivity contribution in [3.8, 4) is 11.5 Å². The number of hydrazone groups is 1. The number of nitro groups is 2. The molecule has 0 amide bonds. The molecule has 10 heteroatoms. The van der Waals surface area contributed by atoms with Crippen LogP contribution >= 0.6 is 0 Å². The molecule has 142 valence electrons. The van der Waals surface area contributed by atoms with E-state index in [0.29, 0.717) is 11.3 Å². The lowest BCUT2D eigenvalue weighted by Crippen LogP contribution is -2.09. The van der Waals surface area contributed by atoms with Crippen LogP contribution in [-0.2, 0) is 0 Å². The van der Waals surface area contributed by atoms with Crippen LogP contribution in [0.15, 0.2) is 41.5 Å². The molecule has 0 saturated carbocycles. The second kappa shape index (κ2) is 8.61. The zero-order chi connectivity index (χ0) is 20.0. The maximum absolute atomic E-state index is 11.4. The Morgan fingerprint density at radius 2 is 1.78 bits per heavy atom. The summed E-state index contributed by atoms with van der Waals surface area (Å²) in [4.78, 5) is 20.9. The summed E-state index contributed by atoms with van der Waals surface area (Å²) >= 11 is 0. The van der Waals surface area contributed by atoms with E-state index in [2.05, 4.69) is 10.5 Å². The normalized spacial score (nSPS) is 10.8. The second-order valence-electron chi connectivity index (χ2n) is 5.67. The summed E-state index contributed by atoms with van der Waals surface area (Å²) < 4.78 is 10.7. The number of hydrogen-bond acceptors (Lipinski definition) is 8. The minimum absolute atomic E-state index is 0.0365. The molecule has 0 aliphatic rings. The molecule has 0 unspecified atom stereocenters. The molecule has 0 aliphatic carbocycles. The molecule has 0 heterocycles. The Bertz CT molecular complexity index is 864. The minimum Gasteiger partial charge on any atom is -0.493 e. The van der Waals surface area contributed by atoms with Crippen molar-refractivity contribution in [1.29, 1.82) is 0 Å². The topological polar surface area (TPSA) is 129 Å². The van der Waals surface area contributed by atoms with Crippen molar-refractivity contribution in [3.63, 3.8) is 0 Å². The predicted molar refractivity (Wildman–Crippen MR) is 99.7 cm³/mol. The van der Waals surface area contributed by atoms with Gasteiger partial charge < -0.3 is 9.47 Å². The van der Waals surface area contributed by atoms with Gasteiger partial charge in [0.2, 0.25) is 5.75 Å². The van der Waals surface area contributed by atoms with Crippen LogP contribution in [0.4, 0.5) is 17.1 Å². The third-order valence-electron chi connectivity index (χ3n) is 3.31. The Kier molecular flexibility index (Phi) is 6.26. The van der Waals surface area contributed by atoms with Gasteiger partial charge in [-0.2, -0.15) is 5.10 Å². The van der Waals surface area contributed by atoms with E-state index in [0.717, 1.165) is 0 Å². The molecule has 0 fully saturated rings. The van der Waals surface area contributed by atoms with Gasteiger partial charge in [0.05, 0.1) is 35.0 Å². The maximum atomic E-state index is 11.4. The van der Waals surface area contributed by atoms with Gasteiger partial charge in [-0.15, -0.1) is 0 Å². The molecule has 2 aromatic rings. The zero-order valence-electron chi connectivity index (χ0n) is 14.9. The van der Waals surface area contributed by atoms with Crippen LogP contribution in [0.25, 0.3) is 0 Å². The highest BCUT2D eigenvalue weighted by Crippen LogP contribution is 2.38. The highest BCUT2D eigenvalue weighted by Gasteiger charge is 2.22. The van der Waals surface area contributed by atoms with E-state index >= 15 is 0 Å². The number of ether oxygens (including phenoxy) is 2. The highest BCUT2D eigenvalue weighted by atomic mass is 16.6. The average Bonchev–Trinajstić information content (AvgIpc) is 2.62. The first-order chi connectivity index (χ1) is 12.8. The van der Waals surface area contributed by atoms with Gasteiger partial charge in [-0.1, -0.05) is 0 Å². The summed E-state index contributed by atoms with van der Waals surface area (Å²) in [6.07, 6.45) is 1.11. The van der Waals surface area contributed by atoms with Crippen LogP contribution in [0, 0.1) is 20.2 Å². The van der Waals surface area contributed by atoms with Crippen molar-refractivity contribution in [3.05, 3.63) is 62.2 Å². The number of rotatable bonds is 8. The summed E-state index contributed by atoms with van der Waals surface area (Å²) in [6.45, 7) is 3.51. The molecule has 2 rings (SSSR count). The fourth-order valence-electron chi connectivity index (χ4n) is 2.16. The molecule has 0 atom stereocenters. The Balaban J connectivity index is 2.24. The number of nitrogens with one attached hydrogen (secondary N) is 1. The number of methoxy groups -OCH3 is 1. The SMILES string of the molecule is COc1cc(/C=N/Nc2ccc([N+](=O)[O-])cc2)cc([N+](=O)[O-])c1OC(C)C. The second-order valence-corrected chi connectivity index (χ2v) is 5.67. The first kappa shape index (κ1) is 19.6. The number of non-ortho nitro benzene ring substituents is 1. The van der Waals surface area contributed by atoms with Crippen LogP contribution in [0.2, 0.25) is 0 Å². The molecule has 1 N–H and O–H groups in total. The van der Waals surface area contributed by atoms with E-state index in [4.69, 9.17) is 9.47 Å². The molecule has 27 heavy (non-hydrogen) atoms. The summed E-state index contributed by atoms with van der Waals surface area (Å²) in [7, 11) is 1.39. The minimum atomic E-state index is -0.554. The number of benzene rings is 2. The van der Waals surface area contributed by atoms with E-state index in [1.165, 1.54) is 43.7 Å². The quantitative estimate of drug-likeness (QED) is 0.423. The monoisotopic (exact) mass is 374 g/mol. The van der Waals surface area contributed by atoms with Crippen LogP contribution in [0.1, 0.15) is 19.4 Å². The fraction of sp³-hybridized carbons (Fsp3) is 0.235. The lowest BCUT2D eigenvalue weighted by Gasteiger charge is -2.14. The summed E-state index contributed by atoms with van der Waals surface area (Å²) in [5.41, 5.74) is 3.37. The lowest BCUT2D eigenvalue weighted by molar-refractivity contribution is -0.386. The third-order valence-corrected chi connectivity index (χ3v) is 3.31. The fourth-order valence-corrected chi connectivity index (χ4v) is 2.16. The van der Waals surface area contributed by atoms with Crippen molar-refractivity contribution >= 4 is 23.3 Å². The maximum Gasteiger partial charge on any atom is 0.315 e. The Hall–Kier alpha value is -3.69. The van der Waals surface area contributed by atoms with Crippen molar-refractivity contribution < 1.29 is 19.3 Å². The van der Waals surface area contributed by atoms with Gasteiger partial charge in [0.25, 0.3) is 5.69 Å². The molecular weight excluding hydrogens is 356 g/mol. The zero-order valence-corrected chi connectivity index (χ0v) is 14.9. The molecule has 2 aromatic carbocycles. The highest BCUT2D eigenvalue weighted by molar-refractivity contribution is 5.83. The molecule has 0 aliphatic heterocycles. The van der Waals surface area contributed by atoms with Crippen molar-refractivity contribution in [2.45, 2.75) is 20.0 Å². The lowest BCUT2D eigenvalue weighted by atomic mass is 10.2. The molecular formula is C17H18N4O6. The van der Waals surface area contributed by atoms with E-state index in [1.54, 1.807) is 19.9 Å². The molecule has 0 radical (unpaired) electrons. The first-order valence-electron chi connectivity index (χ1n) is 7.88. The first-order valence-corrected chi connectivity index (χ1v) is 7.88. The number of nitro benzene ring substituents is 2. The van der Waals surface area contributed by atoms with Crippen molar-refractivity contribution in [2.24, 2.45) is 5.10 Å². The van der Waals surface area contributed by atoms with E-state index in [9.17, 15) is 20.2 Å². The smallest absolute Gasteiger partial charge is 0.315 e. The summed E-state index contributed by atoms with van der Waals surface area (Å²) in [5.74, 6) is 0.271. The van der Waals surface area contributed by atoms with Gasteiger partial charge in [-0.05, 0) is 32.0 Å². The predicted octanol–water partition coefficient (Wildman–Crippen LogP) is 3.74. The van der Waals surface area contributed by atoms with Crippen LogP contribution in [0.5, 0.6) is 11.5 Å². The summed E-state index contributed by atoms with van der Waals surface area (Å²) in [5, 5.41) is 26.0. The number of hydrogen-bond donors (Lipinski definition) is 1. The standard InChI is InChI=1S/C17H18N4O6/c1-11(2)27-17-15(21(24)25)8-12(9-16(17)26-3)10-18-19-13-4-6-14(7-5-13)20(22)23/h4-11,19H,1-3H3/b18-10+. The van der Waals surface area contributed by atoms with Crippen molar-refractivity contribution in [1.82, 2.24) is 0 Å². The van der Waals surface area contributed by atoms with Crippen LogP contribution in [-0.4, -0.2) is 29.3 Å². The molecule has 0 spiro atoms. The van der Waals surface area contributed by atoms with Gasteiger partial charge >= 0.3 is 5.69 Å². The van der Waals surface area contributed by atoms with Gasteiger partial charge in [0, 0.05) is 23.8 Å². The van der Waals surface area contributed by atoms with Gasteiger partial charge in [-0.3, -0.25) is 25.7 Å². The van der Waals surface area contributed by atoms with Crippen LogP contribution < -0.4 is 14.9 Å². The van der Waals surface area contributed by atoms with E-state index < -0.39 is 9.85 Å². The Morgan fingerprint density at radius 3 is 2.30 bits per heavy atom. The third kappa shape index (κ3) is 5.14. The van der Waals surface area contributed by atoms with Gasteiger partial charge in [0.1, 0.15) is 0 Å². The van der Waals surface area contributed by atoms with Crippen molar-refractivity contribution in [2.75, 3.05) is 12.5 Å². The van der Waals surface area contributed by atoms with E-state index in [-0.39, 0.29) is 29.0 Å². The van der Waals surface area contributed by atoms with Gasteiger partial charge in [0.15, 0.2) is 5.75 Å². The van der Waals surface area contributed by atoms with E-state index in [1.807, 2.05) is 0 Å². The molecule has 10 nitrogen and oxygen atoms in total. The Labute approximate surface area is 154 Å². The van der Waals surface area contributed by atoms with Gasteiger partial charge in [-0.25, -0.2) is 0 Å². The Morgan fingerprint density at radius 1 is 1.11 bits per heavy atom. The molecule has 0 saturated heterocycles. The van der Waals surface area contributed by atoms with Crippen LogP contribution in [0.3, 0.4) is 0 Å². The average molecular weight is 374 g/mol. The summed E-state index contributed by atoms with van der Waals surface area (Å²) in [6, 6.07) is 8.55. The largest absolute Gasteiger partial charge is 0.493 e. The molecule has 0 aromatic heterocycles.